The molecule has 0 unspecified atom stereocenters. The predicted octanol–water partition coefficient (Wildman–Crippen LogP) is 2.31. The lowest BCUT2D eigenvalue weighted by Crippen LogP contribution is -1.95. The quantitative estimate of drug-likeness (QED) is 0.489. The largest absolute Gasteiger partial charge is 0.330 e. The van der Waals surface area contributed by atoms with E-state index in [9.17, 15) is 0 Å². The second kappa shape index (κ2) is 11.1. The van der Waals surface area contributed by atoms with Gasteiger partial charge in [-0.05, 0) is 12.8 Å². The van der Waals surface area contributed by atoms with Crippen molar-refractivity contribution in [2.45, 2.75) is 44.9 Å². The van der Waals surface area contributed by atoms with Crippen LogP contribution in [0.5, 0.6) is 0 Å². The van der Waals surface area contributed by atoms with Crippen LogP contribution in [0.4, 0.5) is 0 Å². The molecule has 0 radical (unpaired) electrons. The SMILES string of the molecule is C#CCCCCCCC#CCCN. The van der Waals surface area contributed by atoms with Crippen LogP contribution in [0.2, 0.25) is 0 Å². The molecule has 0 saturated carbocycles. The van der Waals surface area contributed by atoms with Gasteiger partial charge in [-0.3, -0.25) is 0 Å². The van der Waals surface area contributed by atoms with Gasteiger partial charge in [-0.25, -0.2) is 0 Å². The highest BCUT2D eigenvalue weighted by Crippen LogP contribution is 2.03. The van der Waals surface area contributed by atoms with E-state index in [1.807, 2.05) is 0 Å². The van der Waals surface area contributed by atoms with Crippen molar-refractivity contribution in [2.24, 2.45) is 5.73 Å². The molecule has 0 rings (SSSR count). The molecule has 0 fully saturated rings. The van der Waals surface area contributed by atoms with Crippen molar-refractivity contribution in [1.29, 1.82) is 0 Å². The Balaban J connectivity index is 3.01. The lowest BCUT2D eigenvalue weighted by Gasteiger charge is -1.94. The van der Waals surface area contributed by atoms with Crippen molar-refractivity contribution < 1.29 is 0 Å². The molecule has 0 aliphatic carbocycles. The van der Waals surface area contributed by atoms with Crippen LogP contribution in [0.3, 0.4) is 0 Å². The average molecular weight is 177 g/mol. The summed E-state index contributed by atoms with van der Waals surface area (Å²) in [6.45, 7) is 0.676. The molecule has 0 saturated heterocycles. The fourth-order valence-electron chi connectivity index (χ4n) is 1.04. The van der Waals surface area contributed by atoms with Crippen LogP contribution in [-0.2, 0) is 0 Å². The first-order chi connectivity index (χ1) is 6.41. The molecule has 0 bridgehead atoms. The van der Waals surface area contributed by atoms with Crippen molar-refractivity contribution in [1.82, 2.24) is 0 Å². The smallest absolute Gasteiger partial charge is 0.0212 e. The Morgan fingerprint density at radius 3 is 2.08 bits per heavy atom. The normalized spacial score (nSPS) is 8.62. The maximum atomic E-state index is 5.30. The summed E-state index contributed by atoms with van der Waals surface area (Å²) in [7, 11) is 0. The molecule has 72 valence electrons. The van der Waals surface area contributed by atoms with Crippen LogP contribution in [-0.4, -0.2) is 6.54 Å². The minimum Gasteiger partial charge on any atom is -0.330 e. The standard InChI is InChI=1S/C12H19N/c1-2-3-4-5-6-7-8-9-10-11-12-13/h1H,3-8,11-13H2. The molecule has 0 aromatic carbocycles. The summed E-state index contributed by atoms with van der Waals surface area (Å²) in [5, 5.41) is 0. The van der Waals surface area contributed by atoms with E-state index in [1.165, 1.54) is 19.3 Å². The Labute approximate surface area is 82.1 Å². The number of nitrogens with two attached hydrogens (primary N) is 1. The maximum Gasteiger partial charge on any atom is 0.0212 e. The average Bonchev–Trinajstić information content (AvgIpc) is 2.16. The van der Waals surface area contributed by atoms with E-state index in [0.717, 1.165) is 25.7 Å². The Morgan fingerprint density at radius 1 is 0.846 bits per heavy atom. The predicted molar refractivity (Wildman–Crippen MR) is 58.0 cm³/mol. The zero-order chi connectivity index (χ0) is 9.78. The van der Waals surface area contributed by atoms with Gasteiger partial charge in [0.05, 0.1) is 0 Å². The topological polar surface area (TPSA) is 26.0 Å². The van der Waals surface area contributed by atoms with Crippen molar-refractivity contribution in [3.63, 3.8) is 0 Å². The number of rotatable bonds is 6. The Bertz CT molecular complexity index is 189. The van der Waals surface area contributed by atoms with Gasteiger partial charge in [-0.2, -0.15) is 0 Å². The van der Waals surface area contributed by atoms with Gasteiger partial charge in [0.15, 0.2) is 0 Å². The molecule has 1 heteroatoms. The highest BCUT2D eigenvalue weighted by molar-refractivity contribution is 4.98. The molecule has 13 heavy (non-hydrogen) atoms. The van der Waals surface area contributed by atoms with Gasteiger partial charge in [0.1, 0.15) is 0 Å². The lowest BCUT2D eigenvalue weighted by molar-refractivity contribution is 0.661. The van der Waals surface area contributed by atoms with Crippen LogP contribution in [0.15, 0.2) is 0 Å². The van der Waals surface area contributed by atoms with E-state index in [-0.39, 0.29) is 0 Å². The number of hydrogen-bond acceptors (Lipinski definition) is 1. The molecular formula is C12H19N. The molecule has 0 aliphatic rings. The highest BCUT2D eigenvalue weighted by atomic mass is 14.5. The third kappa shape index (κ3) is 11.1. The van der Waals surface area contributed by atoms with Crippen LogP contribution in [0.1, 0.15) is 44.9 Å². The fourth-order valence-corrected chi connectivity index (χ4v) is 1.04. The molecule has 0 aromatic rings. The van der Waals surface area contributed by atoms with Crippen molar-refractivity contribution in [3.8, 4) is 24.2 Å². The van der Waals surface area contributed by atoms with E-state index in [2.05, 4.69) is 17.8 Å². The van der Waals surface area contributed by atoms with Gasteiger partial charge in [0, 0.05) is 25.8 Å². The second-order valence-corrected chi connectivity index (χ2v) is 3.01. The van der Waals surface area contributed by atoms with E-state index in [0.29, 0.717) is 6.54 Å². The Hall–Kier alpha value is -0.920. The van der Waals surface area contributed by atoms with E-state index in [4.69, 9.17) is 12.2 Å². The van der Waals surface area contributed by atoms with Gasteiger partial charge in [0.2, 0.25) is 0 Å². The lowest BCUT2D eigenvalue weighted by atomic mass is 10.1. The molecular weight excluding hydrogens is 158 g/mol. The Morgan fingerprint density at radius 2 is 1.46 bits per heavy atom. The first-order valence-electron chi connectivity index (χ1n) is 5.01. The summed E-state index contributed by atoms with van der Waals surface area (Å²) in [6, 6.07) is 0. The fraction of sp³-hybridized carbons (Fsp3) is 0.667. The van der Waals surface area contributed by atoms with E-state index in [1.54, 1.807) is 0 Å². The summed E-state index contributed by atoms with van der Waals surface area (Å²) >= 11 is 0. The van der Waals surface area contributed by atoms with Gasteiger partial charge in [0.25, 0.3) is 0 Å². The van der Waals surface area contributed by atoms with Gasteiger partial charge < -0.3 is 5.73 Å². The highest BCUT2D eigenvalue weighted by Gasteiger charge is 1.86. The van der Waals surface area contributed by atoms with Crippen molar-refractivity contribution in [2.75, 3.05) is 6.54 Å². The third-order valence-corrected chi connectivity index (χ3v) is 1.77. The number of terminal acetylenes is 1. The summed E-state index contributed by atoms with van der Waals surface area (Å²) < 4.78 is 0. The first-order valence-corrected chi connectivity index (χ1v) is 5.01. The van der Waals surface area contributed by atoms with Gasteiger partial charge in [-0.15, -0.1) is 24.2 Å². The van der Waals surface area contributed by atoms with Crippen LogP contribution in [0, 0.1) is 24.2 Å². The Kier molecular flexibility index (Phi) is 10.3. The zero-order valence-electron chi connectivity index (χ0n) is 8.31. The molecule has 0 aliphatic heterocycles. The minimum absolute atomic E-state index is 0.676. The molecule has 0 heterocycles. The molecule has 0 atom stereocenters. The molecule has 2 N–H and O–H groups in total. The number of hydrogen-bond donors (Lipinski definition) is 1. The molecule has 0 amide bonds. The van der Waals surface area contributed by atoms with E-state index < -0.39 is 0 Å². The van der Waals surface area contributed by atoms with Crippen molar-refractivity contribution in [3.05, 3.63) is 0 Å². The van der Waals surface area contributed by atoms with Crippen LogP contribution in [0.25, 0.3) is 0 Å². The monoisotopic (exact) mass is 177 g/mol. The van der Waals surface area contributed by atoms with E-state index >= 15 is 0 Å². The van der Waals surface area contributed by atoms with Crippen molar-refractivity contribution >= 4 is 0 Å². The second-order valence-electron chi connectivity index (χ2n) is 3.01. The summed E-state index contributed by atoms with van der Waals surface area (Å²) in [5.41, 5.74) is 5.30. The minimum atomic E-state index is 0.676. The van der Waals surface area contributed by atoms with Gasteiger partial charge in [-0.1, -0.05) is 12.8 Å². The molecule has 0 spiro atoms. The maximum absolute atomic E-state index is 5.30. The zero-order valence-corrected chi connectivity index (χ0v) is 8.31. The molecule has 1 nitrogen and oxygen atoms in total. The number of unbranched alkanes of at least 4 members (excludes halogenated alkanes) is 5. The van der Waals surface area contributed by atoms with Gasteiger partial charge >= 0.3 is 0 Å². The third-order valence-electron chi connectivity index (χ3n) is 1.77. The summed E-state index contributed by atoms with van der Waals surface area (Å²) in [6.07, 6.45) is 12.7. The summed E-state index contributed by atoms with van der Waals surface area (Å²) in [4.78, 5) is 0. The van der Waals surface area contributed by atoms with Crippen LogP contribution >= 0.6 is 0 Å². The van der Waals surface area contributed by atoms with Crippen LogP contribution < -0.4 is 5.73 Å². The summed E-state index contributed by atoms with van der Waals surface area (Å²) in [5.74, 6) is 8.78. The molecule has 0 aromatic heterocycles. The first kappa shape index (κ1) is 12.1.